The molecule has 14 heavy (non-hydrogen) atoms. The number of benzene rings is 1. The van der Waals surface area contributed by atoms with Gasteiger partial charge in [-0.1, -0.05) is 18.2 Å². The van der Waals surface area contributed by atoms with Crippen LogP contribution in [0.25, 0.3) is 0 Å². The minimum atomic E-state index is -0.429. The van der Waals surface area contributed by atoms with Crippen molar-refractivity contribution in [1.82, 2.24) is 0 Å². The summed E-state index contributed by atoms with van der Waals surface area (Å²) >= 11 is 5.64. The van der Waals surface area contributed by atoms with Gasteiger partial charge in [0.2, 0.25) is 5.91 Å². The van der Waals surface area contributed by atoms with Crippen LogP contribution in [-0.2, 0) is 4.79 Å². The summed E-state index contributed by atoms with van der Waals surface area (Å²) in [7, 11) is 0. The zero-order valence-electron chi connectivity index (χ0n) is 7.25. The first kappa shape index (κ1) is 10.4. The SMILES string of the molecule is C=CC(=O)Nc1cc(N)c(Cl)cc1O. The standard InChI is InChI=1S/C9H9ClN2O2/c1-2-9(14)12-7-4-6(11)5(10)3-8(7)13/h2-4,13H,1,11H2,(H,12,14). The van der Waals surface area contributed by atoms with E-state index in [0.29, 0.717) is 0 Å². The predicted octanol–water partition coefficient (Wildman–Crippen LogP) is 1.75. The highest BCUT2D eigenvalue weighted by Gasteiger charge is 2.07. The molecule has 0 saturated carbocycles. The van der Waals surface area contributed by atoms with Crippen LogP contribution in [0.2, 0.25) is 5.02 Å². The van der Waals surface area contributed by atoms with Crippen LogP contribution >= 0.6 is 11.6 Å². The van der Waals surface area contributed by atoms with Crippen LogP contribution < -0.4 is 11.1 Å². The number of nitrogens with one attached hydrogen (secondary N) is 1. The third kappa shape index (κ3) is 2.17. The molecule has 1 amide bonds. The Morgan fingerprint density at radius 1 is 1.64 bits per heavy atom. The predicted molar refractivity (Wildman–Crippen MR) is 56.4 cm³/mol. The molecule has 5 heteroatoms. The van der Waals surface area contributed by atoms with Gasteiger partial charge < -0.3 is 16.2 Å². The average Bonchev–Trinajstić information content (AvgIpc) is 2.14. The number of amides is 1. The Balaban J connectivity index is 3.03. The summed E-state index contributed by atoms with van der Waals surface area (Å²) in [6.45, 7) is 3.28. The van der Waals surface area contributed by atoms with E-state index in [-0.39, 0.29) is 22.1 Å². The second kappa shape index (κ2) is 4.02. The molecule has 1 aromatic rings. The normalized spacial score (nSPS) is 9.50. The van der Waals surface area contributed by atoms with Crippen LogP contribution in [0.1, 0.15) is 0 Å². The van der Waals surface area contributed by atoms with Crippen molar-refractivity contribution in [3.63, 3.8) is 0 Å². The lowest BCUT2D eigenvalue weighted by Crippen LogP contribution is -2.07. The number of anilines is 2. The summed E-state index contributed by atoms with van der Waals surface area (Å²) in [5.74, 6) is -0.568. The van der Waals surface area contributed by atoms with Gasteiger partial charge in [-0.3, -0.25) is 4.79 Å². The number of rotatable bonds is 2. The van der Waals surface area contributed by atoms with Crippen molar-refractivity contribution in [1.29, 1.82) is 0 Å². The van der Waals surface area contributed by atoms with Crippen molar-refractivity contribution in [3.8, 4) is 5.75 Å². The van der Waals surface area contributed by atoms with Crippen molar-refractivity contribution in [2.24, 2.45) is 0 Å². The Morgan fingerprint density at radius 3 is 2.86 bits per heavy atom. The molecule has 0 aromatic heterocycles. The maximum absolute atomic E-state index is 10.9. The van der Waals surface area contributed by atoms with Gasteiger partial charge in [0.15, 0.2) is 0 Å². The van der Waals surface area contributed by atoms with Gasteiger partial charge in [-0.05, 0) is 12.1 Å². The van der Waals surface area contributed by atoms with Crippen LogP contribution in [-0.4, -0.2) is 11.0 Å². The number of carbonyl (C=O) groups excluding carboxylic acids is 1. The van der Waals surface area contributed by atoms with E-state index < -0.39 is 5.91 Å². The molecule has 0 heterocycles. The van der Waals surface area contributed by atoms with Gasteiger partial charge in [0.25, 0.3) is 0 Å². The number of nitrogens with two attached hydrogens (primary N) is 1. The fourth-order valence-corrected chi connectivity index (χ4v) is 1.02. The highest BCUT2D eigenvalue weighted by Crippen LogP contribution is 2.31. The Bertz CT molecular complexity index is 391. The molecule has 4 nitrogen and oxygen atoms in total. The summed E-state index contributed by atoms with van der Waals surface area (Å²) in [5, 5.41) is 12.0. The van der Waals surface area contributed by atoms with Crippen molar-refractivity contribution >= 4 is 28.9 Å². The molecule has 0 aliphatic heterocycles. The molecule has 0 spiro atoms. The summed E-state index contributed by atoms with van der Waals surface area (Å²) in [6.07, 6.45) is 1.09. The largest absolute Gasteiger partial charge is 0.506 e. The molecule has 0 bridgehead atoms. The van der Waals surface area contributed by atoms with Gasteiger partial charge in [0.1, 0.15) is 5.75 Å². The molecule has 0 atom stereocenters. The number of phenolic OH excluding ortho intramolecular Hbond substituents is 1. The monoisotopic (exact) mass is 212 g/mol. The molecular weight excluding hydrogens is 204 g/mol. The van der Waals surface area contributed by atoms with Crippen molar-refractivity contribution in [2.75, 3.05) is 11.1 Å². The lowest BCUT2D eigenvalue weighted by atomic mass is 10.2. The summed E-state index contributed by atoms with van der Waals surface area (Å²) < 4.78 is 0. The Hall–Kier alpha value is -1.68. The topological polar surface area (TPSA) is 75.4 Å². The first-order chi connectivity index (χ1) is 6.54. The number of hydrogen-bond donors (Lipinski definition) is 3. The lowest BCUT2D eigenvalue weighted by Gasteiger charge is -2.07. The zero-order chi connectivity index (χ0) is 10.7. The molecule has 74 valence electrons. The van der Waals surface area contributed by atoms with Gasteiger partial charge in [-0.2, -0.15) is 0 Å². The van der Waals surface area contributed by atoms with E-state index in [1.54, 1.807) is 0 Å². The van der Waals surface area contributed by atoms with Gasteiger partial charge in [-0.25, -0.2) is 0 Å². The van der Waals surface area contributed by atoms with Gasteiger partial charge in [0, 0.05) is 6.07 Å². The van der Waals surface area contributed by atoms with Crippen LogP contribution in [0.15, 0.2) is 24.8 Å². The van der Waals surface area contributed by atoms with Crippen LogP contribution in [0.3, 0.4) is 0 Å². The highest BCUT2D eigenvalue weighted by atomic mass is 35.5. The van der Waals surface area contributed by atoms with E-state index in [0.717, 1.165) is 6.08 Å². The number of aromatic hydroxyl groups is 1. The third-order valence-electron chi connectivity index (χ3n) is 1.56. The van der Waals surface area contributed by atoms with Crippen molar-refractivity contribution in [2.45, 2.75) is 0 Å². The Kier molecular flexibility index (Phi) is 2.99. The first-order valence-electron chi connectivity index (χ1n) is 3.76. The Morgan fingerprint density at radius 2 is 2.29 bits per heavy atom. The average molecular weight is 213 g/mol. The van der Waals surface area contributed by atoms with Crippen LogP contribution in [0.4, 0.5) is 11.4 Å². The van der Waals surface area contributed by atoms with E-state index >= 15 is 0 Å². The van der Waals surface area contributed by atoms with E-state index in [9.17, 15) is 9.90 Å². The van der Waals surface area contributed by atoms with E-state index in [4.69, 9.17) is 17.3 Å². The smallest absolute Gasteiger partial charge is 0.247 e. The molecule has 0 radical (unpaired) electrons. The maximum Gasteiger partial charge on any atom is 0.247 e. The molecule has 4 N–H and O–H groups in total. The van der Waals surface area contributed by atoms with E-state index in [1.807, 2.05) is 0 Å². The summed E-state index contributed by atoms with van der Waals surface area (Å²) in [4.78, 5) is 10.9. The lowest BCUT2D eigenvalue weighted by molar-refractivity contribution is -0.111. The van der Waals surface area contributed by atoms with Crippen molar-refractivity contribution in [3.05, 3.63) is 29.8 Å². The number of phenols is 1. The molecular formula is C9H9ClN2O2. The molecule has 0 aliphatic rings. The molecule has 1 aromatic carbocycles. The van der Waals surface area contributed by atoms with Gasteiger partial charge in [-0.15, -0.1) is 0 Å². The molecule has 0 saturated heterocycles. The van der Waals surface area contributed by atoms with Gasteiger partial charge in [0.05, 0.1) is 16.4 Å². The molecule has 0 unspecified atom stereocenters. The maximum atomic E-state index is 10.9. The van der Waals surface area contributed by atoms with Crippen molar-refractivity contribution < 1.29 is 9.90 Å². The zero-order valence-corrected chi connectivity index (χ0v) is 8.01. The number of halogens is 1. The second-order valence-electron chi connectivity index (χ2n) is 2.58. The quantitative estimate of drug-likeness (QED) is 0.303. The fraction of sp³-hybridized carbons (Fsp3) is 0. The number of nitrogen functional groups attached to an aromatic ring is 1. The molecule has 0 fully saturated rings. The minimum Gasteiger partial charge on any atom is -0.506 e. The first-order valence-corrected chi connectivity index (χ1v) is 4.13. The Labute approximate surface area is 86.0 Å². The molecule has 0 aliphatic carbocycles. The highest BCUT2D eigenvalue weighted by molar-refractivity contribution is 6.33. The fourth-order valence-electron chi connectivity index (χ4n) is 0.863. The van der Waals surface area contributed by atoms with Crippen LogP contribution in [0, 0.1) is 0 Å². The molecule has 1 rings (SSSR count). The summed E-state index contributed by atoms with van der Waals surface area (Å²) in [6, 6.07) is 2.63. The van der Waals surface area contributed by atoms with Crippen LogP contribution in [0.5, 0.6) is 5.75 Å². The number of carbonyl (C=O) groups is 1. The van der Waals surface area contributed by atoms with E-state index in [2.05, 4.69) is 11.9 Å². The third-order valence-corrected chi connectivity index (χ3v) is 1.89. The summed E-state index contributed by atoms with van der Waals surface area (Å²) in [5.41, 5.74) is 5.97. The minimum absolute atomic E-state index is 0.139. The number of hydrogen-bond acceptors (Lipinski definition) is 3. The van der Waals surface area contributed by atoms with E-state index in [1.165, 1.54) is 12.1 Å². The van der Waals surface area contributed by atoms with Gasteiger partial charge >= 0.3 is 0 Å². The second-order valence-corrected chi connectivity index (χ2v) is 2.99.